The molecule has 0 bridgehead atoms. The Bertz CT molecular complexity index is 2310. The van der Waals surface area contributed by atoms with Gasteiger partial charge in [0.15, 0.2) is 0 Å². The third-order valence-electron chi connectivity index (χ3n) is 8.21. The van der Waals surface area contributed by atoms with E-state index in [0.29, 0.717) is 0 Å². The van der Waals surface area contributed by atoms with Crippen LogP contribution >= 0.6 is 0 Å². The van der Waals surface area contributed by atoms with Crippen molar-refractivity contribution >= 4 is 46.2 Å². The van der Waals surface area contributed by atoms with Crippen molar-refractivity contribution in [3.05, 3.63) is 139 Å². The minimum Gasteiger partial charge on any atom is -0.501 e. The van der Waals surface area contributed by atoms with E-state index >= 15 is 0 Å². The van der Waals surface area contributed by atoms with E-state index in [2.05, 4.69) is 103 Å². The van der Waals surface area contributed by atoms with Crippen LogP contribution in [-0.2, 0) is 20.1 Å². The SMILES string of the molecule is C[Si](C)(C)c1ccc(-c2[c-]cccc2)nc1.Cc1ccc2c(c1)oc1c(-c3nc4ccncc4n3-c3ccccc3)[c-]cc(C)c12.[Ir]. The fraction of sp³-hybridized carbons (Fsp3) is 0.125. The van der Waals surface area contributed by atoms with Crippen LogP contribution in [0.15, 0.2) is 120 Å². The van der Waals surface area contributed by atoms with Crippen molar-refractivity contribution < 1.29 is 24.5 Å². The van der Waals surface area contributed by atoms with Gasteiger partial charge in [0.25, 0.3) is 0 Å². The second-order valence-corrected chi connectivity index (χ2v) is 17.7. The maximum atomic E-state index is 6.39. The zero-order valence-electron chi connectivity index (χ0n) is 27.0. The van der Waals surface area contributed by atoms with Gasteiger partial charge in [0.2, 0.25) is 0 Å². The van der Waals surface area contributed by atoms with Crippen LogP contribution in [0.1, 0.15) is 11.1 Å². The molecule has 8 rings (SSSR count). The Labute approximate surface area is 289 Å². The summed E-state index contributed by atoms with van der Waals surface area (Å²) >= 11 is 0. The Morgan fingerprint density at radius 3 is 2.36 bits per heavy atom. The Balaban J connectivity index is 0.000000194. The summed E-state index contributed by atoms with van der Waals surface area (Å²) in [5.74, 6) is 0.796. The van der Waals surface area contributed by atoms with E-state index in [9.17, 15) is 0 Å². The minimum absolute atomic E-state index is 0. The number of fused-ring (bicyclic) bond motifs is 4. The second kappa shape index (κ2) is 13.2. The average molecular weight is 807 g/mol. The standard InChI is InChI=1S/C26H18N3O.C14H16NSi.Ir/c1-16-8-10-19-23(14-16)30-25-20(11-9-17(2)24(19)25)26-28-21-12-13-27-15-22(21)29(26)18-6-4-3-5-7-18;1-16(2,3)13-9-10-14(15-11-13)12-7-5-4-6-8-12;/h3-10,12-15H,1-2H3;4-7,9-11H,1-3H3;/q2*-1;. The third-order valence-corrected chi connectivity index (χ3v) is 10.2. The summed E-state index contributed by atoms with van der Waals surface area (Å²) in [4.78, 5) is 13.8. The van der Waals surface area contributed by atoms with Crippen LogP contribution in [0.2, 0.25) is 19.6 Å². The zero-order valence-corrected chi connectivity index (χ0v) is 30.4. The minimum atomic E-state index is -1.23. The molecule has 47 heavy (non-hydrogen) atoms. The Morgan fingerprint density at radius 1 is 0.830 bits per heavy atom. The predicted octanol–water partition coefficient (Wildman–Crippen LogP) is 9.50. The summed E-state index contributed by atoms with van der Waals surface area (Å²) in [6.45, 7) is 11.2. The van der Waals surface area contributed by atoms with Crippen LogP contribution in [0.4, 0.5) is 0 Å². The summed E-state index contributed by atoms with van der Waals surface area (Å²) in [7, 11) is -1.23. The molecular weight excluding hydrogens is 773 g/mol. The molecule has 4 aromatic heterocycles. The number of hydrogen-bond acceptors (Lipinski definition) is 4. The van der Waals surface area contributed by atoms with Crippen LogP contribution in [0.5, 0.6) is 0 Å². The van der Waals surface area contributed by atoms with Crippen LogP contribution in [0, 0.1) is 26.0 Å². The van der Waals surface area contributed by atoms with Gasteiger partial charge in [0.1, 0.15) is 5.58 Å². The van der Waals surface area contributed by atoms with Gasteiger partial charge in [-0.25, -0.2) is 0 Å². The maximum Gasteiger partial charge on any atom is 0.121 e. The fourth-order valence-corrected chi connectivity index (χ4v) is 6.77. The Hall–Kier alpha value is -4.68. The number of pyridine rings is 2. The molecular formula is C40H34IrN4OSi-2. The number of aryl methyl sites for hydroxylation is 2. The first-order valence-electron chi connectivity index (χ1n) is 15.4. The number of imidazole rings is 1. The molecule has 0 amide bonds. The number of para-hydroxylation sites is 1. The monoisotopic (exact) mass is 807 g/mol. The molecule has 8 aromatic rings. The van der Waals surface area contributed by atoms with Crippen molar-refractivity contribution in [3.63, 3.8) is 0 Å². The summed E-state index contributed by atoms with van der Waals surface area (Å²) < 4.78 is 8.51. The molecule has 4 heterocycles. The normalized spacial score (nSPS) is 11.3. The van der Waals surface area contributed by atoms with Crippen molar-refractivity contribution in [2.75, 3.05) is 0 Å². The summed E-state index contributed by atoms with van der Waals surface area (Å²) in [5, 5.41) is 3.63. The smallest absolute Gasteiger partial charge is 0.121 e. The van der Waals surface area contributed by atoms with Crippen LogP contribution in [0.25, 0.3) is 61.3 Å². The molecule has 235 valence electrons. The van der Waals surface area contributed by atoms with Crippen molar-refractivity contribution in [1.29, 1.82) is 0 Å². The Morgan fingerprint density at radius 2 is 1.64 bits per heavy atom. The first-order chi connectivity index (χ1) is 22.3. The molecule has 0 unspecified atom stereocenters. The number of nitrogens with zero attached hydrogens (tertiary/aromatic N) is 4. The molecule has 4 aromatic carbocycles. The first kappa shape index (κ1) is 32.3. The van der Waals surface area contributed by atoms with E-state index in [4.69, 9.17) is 9.40 Å². The van der Waals surface area contributed by atoms with Crippen molar-refractivity contribution in [3.8, 4) is 28.3 Å². The molecule has 7 heteroatoms. The van der Waals surface area contributed by atoms with Crippen LogP contribution < -0.4 is 5.19 Å². The van der Waals surface area contributed by atoms with Crippen LogP contribution in [0.3, 0.4) is 0 Å². The van der Waals surface area contributed by atoms with Crippen molar-refractivity contribution in [1.82, 2.24) is 19.5 Å². The molecule has 1 radical (unpaired) electrons. The van der Waals surface area contributed by atoms with E-state index in [-0.39, 0.29) is 20.1 Å². The fourth-order valence-electron chi connectivity index (χ4n) is 5.74. The average Bonchev–Trinajstić information content (AvgIpc) is 3.65. The van der Waals surface area contributed by atoms with Crippen molar-refractivity contribution in [2.24, 2.45) is 0 Å². The second-order valence-electron chi connectivity index (χ2n) is 12.6. The van der Waals surface area contributed by atoms with Gasteiger partial charge in [-0.3, -0.25) is 9.97 Å². The summed E-state index contributed by atoms with van der Waals surface area (Å²) in [6.07, 6.45) is 5.64. The number of furan rings is 1. The van der Waals surface area contributed by atoms with E-state index in [1.165, 1.54) is 10.8 Å². The molecule has 0 aliphatic heterocycles. The van der Waals surface area contributed by atoms with Gasteiger partial charge in [-0.2, -0.15) is 0 Å². The van der Waals surface area contributed by atoms with Crippen LogP contribution in [-0.4, -0.2) is 27.6 Å². The summed E-state index contributed by atoms with van der Waals surface area (Å²) in [5.41, 5.74) is 9.79. The molecule has 0 aliphatic rings. The van der Waals surface area contributed by atoms with Gasteiger partial charge < -0.3 is 14.0 Å². The molecule has 0 aliphatic carbocycles. The van der Waals surface area contributed by atoms with E-state index in [1.54, 1.807) is 6.20 Å². The molecule has 0 N–H and O–H groups in total. The van der Waals surface area contributed by atoms with Gasteiger partial charge in [-0.05, 0) is 47.6 Å². The number of rotatable bonds is 4. The van der Waals surface area contributed by atoms with E-state index in [0.717, 1.165) is 66.9 Å². The topological polar surface area (TPSA) is 56.7 Å². The molecule has 0 fully saturated rings. The number of hydrogen-bond donors (Lipinski definition) is 0. The first-order valence-corrected chi connectivity index (χ1v) is 18.9. The molecule has 0 saturated heterocycles. The molecule has 0 atom stereocenters. The molecule has 0 saturated carbocycles. The maximum absolute atomic E-state index is 6.39. The number of aromatic nitrogens is 4. The van der Waals surface area contributed by atoms with Gasteiger partial charge in [-0.15, -0.1) is 53.6 Å². The summed E-state index contributed by atoms with van der Waals surface area (Å²) in [6, 6.07) is 39.4. The third kappa shape index (κ3) is 6.35. The quantitative estimate of drug-likeness (QED) is 0.131. The van der Waals surface area contributed by atoms with Gasteiger partial charge in [0.05, 0.1) is 36.7 Å². The number of benzene rings is 4. The van der Waals surface area contributed by atoms with Crippen molar-refractivity contribution in [2.45, 2.75) is 33.5 Å². The Kier molecular flexibility index (Phi) is 9.06. The zero-order chi connectivity index (χ0) is 31.8. The largest absolute Gasteiger partial charge is 0.501 e. The van der Waals surface area contributed by atoms with Gasteiger partial charge in [-0.1, -0.05) is 80.0 Å². The van der Waals surface area contributed by atoms with Gasteiger partial charge >= 0.3 is 0 Å². The van der Waals surface area contributed by atoms with E-state index in [1.807, 2.05) is 67.0 Å². The predicted molar refractivity (Wildman–Crippen MR) is 191 cm³/mol. The molecule has 5 nitrogen and oxygen atoms in total. The molecule has 0 spiro atoms. The van der Waals surface area contributed by atoms with Gasteiger partial charge in [0, 0.05) is 43.6 Å². The van der Waals surface area contributed by atoms with E-state index < -0.39 is 8.07 Å².